The number of anilines is 1. The molecular formula is C35H38BrN3O5S. The van der Waals surface area contributed by atoms with E-state index in [0.29, 0.717) is 11.4 Å². The number of hydrogen-bond acceptors (Lipinski definition) is 5. The van der Waals surface area contributed by atoms with E-state index >= 15 is 0 Å². The number of carbonyl (C=O) groups excluding carboxylic acids is 2. The molecule has 2 amide bonds. The van der Waals surface area contributed by atoms with E-state index in [1.807, 2.05) is 75.4 Å². The number of rotatable bonds is 13. The number of sulfonamides is 1. The average molecular weight is 693 g/mol. The van der Waals surface area contributed by atoms with E-state index in [9.17, 15) is 18.0 Å². The van der Waals surface area contributed by atoms with Gasteiger partial charge >= 0.3 is 0 Å². The van der Waals surface area contributed by atoms with Gasteiger partial charge in [0, 0.05) is 23.5 Å². The van der Waals surface area contributed by atoms with Crippen LogP contribution < -0.4 is 14.4 Å². The van der Waals surface area contributed by atoms with E-state index < -0.39 is 28.5 Å². The molecule has 0 aliphatic rings. The molecule has 1 N–H and O–H groups in total. The first-order valence-corrected chi connectivity index (χ1v) is 16.8. The molecule has 8 nitrogen and oxygen atoms in total. The van der Waals surface area contributed by atoms with E-state index in [2.05, 4.69) is 21.2 Å². The molecule has 4 aromatic rings. The van der Waals surface area contributed by atoms with Crippen LogP contribution in [0.5, 0.6) is 5.75 Å². The lowest BCUT2D eigenvalue weighted by molar-refractivity contribution is -0.140. The maximum atomic E-state index is 14.5. The van der Waals surface area contributed by atoms with E-state index in [-0.39, 0.29) is 29.8 Å². The molecule has 1 atom stereocenters. The summed E-state index contributed by atoms with van der Waals surface area (Å²) in [6.07, 6.45) is 0.245. The highest BCUT2D eigenvalue weighted by molar-refractivity contribution is 9.10. The van der Waals surface area contributed by atoms with Crippen molar-refractivity contribution in [3.05, 3.63) is 124 Å². The van der Waals surface area contributed by atoms with E-state index in [1.54, 1.807) is 36.4 Å². The largest absolute Gasteiger partial charge is 0.497 e. The van der Waals surface area contributed by atoms with Gasteiger partial charge in [-0.3, -0.25) is 13.9 Å². The van der Waals surface area contributed by atoms with Gasteiger partial charge in [-0.25, -0.2) is 8.42 Å². The number of hydrogen-bond donors (Lipinski definition) is 1. The predicted molar refractivity (Wildman–Crippen MR) is 181 cm³/mol. The van der Waals surface area contributed by atoms with Gasteiger partial charge in [0.25, 0.3) is 10.0 Å². The van der Waals surface area contributed by atoms with Crippen molar-refractivity contribution >= 4 is 43.5 Å². The van der Waals surface area contributed by atoms with Crippen molar-refractivity contribution < 1.29 is 22.7 Å². The Morgan fingerprint density at radius 3 is 2.04 bits per heavy atom. The minimum atomic E-state index is -4.18. The zero-order valence-corrected chi connectivity index (χ0v) is 28.2. The summed E-state index contributed by atoms with van der Waals surface area (Å²) in [5.74, 6) is -0.302. The summed E-state index contributed by atoms with van der Waals surface area (Å²) >= 11 is 3.45. The Labute approximate surface area is 274 Å². The zero-order chi connectivity index (χ0) is 32.6. The third-order valence-electron chi connectivity index (χ3n) is 7.22. The second-order valence-corrected chi connectivity index (χ2v) is 13.8. The quantitative estimate of drug-likeness (QED) is 0.182. The van der Waals surface area contributed by atoms with Crippen molar-refractivity contribution in [3.8, 4) is 5.75 Å². The molecule has 10 heteroatoms. The van der Waals surface area contributed by atoms with Crippen molar-refractivity contribution in [2.75, 3.05) is 18.0 Å². The molecule has 0 spiro atoms. The number of nitrogens with one attached hydrogen (secondary N) is 1. The van der Waals surface area contributed by atoms with E-state index in [1.165, 1.54) is 24.1 Å². The summed E-state index contributed by atoms with van der Waals surface area (Å²) in [5.41, 5.74) is 2.86. The van der Waals surface area contributed by atoms with Crippen LogP contribution in [0.4, 0.5) is 5.69 Å². The van der Waals surface area contributed by atoms with Crippen LogP contribution in [0.3, 0.4) is 0 Å². The van der Waals surface area contributed by atoms with Crippen LogP contribution >= 0.6 is 15.9 Å². The molecule has 0 fully saturated rings. The molecule has 0 saturated heterocycles. The normalized spacial score (nSPS) is 12.0. The SMILES string of the molecule is COc1ccc(N(CC(=O)N(Cc2ccc(Br)cc2)[C@@H](Cc2ccccc2)C(=O)NC(C)C)S(=O)(=O)c2ccc(C)cc2)cc1. The first-order chi connectivity index (χ1) is 21.5. The Morgan fingerprint density at radius 2 is 1.47 bits per heavy atom. The lowest BCUT2D eigenvalue weighted by Gasteiger charge is -2.34. The van der Waals surface area contributed by atoms with Gasteiger partial charge in [0.05, 0.1) is 17.7 Å². The summed E-state index contributed by atoms with van der Waals surface area (Å²) in [7, 11) is -2.66. The highest BCUT2D eigenvalue weighted by Gasteiger charge is 2.34. The fourth-order valence-corrected chi connectivity index (χ4v) is 6.51. The molecule has 0 aliphatic carbocycles. The first kappa shape index (κ1) is 33.7. The van der Waals surface area contributed by atoms with Crippen molar-refractivity contribution in [3.63, 3.8) is 0 Å². The summed E-state index contributed by atoms with van der Waals surface area (Å²) < 4.78 is 35.5. The summed E-state index contributed by atoms with van der Waals surface area (Å²) in [4.78, 5) is 29.8. The molecule has 0 aliphatic heterocycles. The van der Waals surface area contributed by atoms with Crippen LogP contribution in [-0.2, 0) is 32.6 Å². The van der Waals surface area contributed by atoms with Gasteiger partial charge in [-0.2, -0.15) is 0 Å². The maximum absolute atomic E-state index is 14.5. The number of methoxy groups -OCH3 is 1. The molecule has 236 valence electrons. The van der Waals surface area contributed by atoms with Crippen molar-refractivity contribution in [1.29, 1.82) is 0 Å². The Bertz CT molecular complexity index is 1680. The number of nitrogens with zero attached hydrogens (tertiary/aromatic N) is 2. The second kappa shape index (κ2) is 15.2. The Morgan fingerprint density at radius 1 is 0.844 bits per heavy atom. The smallest absolute Gasteiger partial charge is 0.264 e. The fraction of sp³-hybridized carbons (Fsp3) is 0.257. The highest BCUT2D eigenvalue weighted by Crippen LogP contribution is 2.27. The topological polar surface area (TPSA) is 96.0 Å². The van der Waals surface area contributed by atoms with Gasteiger partial charge < -0.3 is 15.0 Å². The van der Waals surface area contributed by atoms with Crippen LogP contribution in [0.25, 0.3) is 0 Å². The monoisotopic (exact) mass is 691 g/mol. The summed E-state index contributed by atoms with van der Waals surface area (Å²) in [5, 5.41) is 2.97. The Balaban J connectivity index is 1.80. The molecule has 0 heterocycles. The van der Waals surface area contributed by atoms with Gasteiger partial charge in [-0.1, -0.05) is 76.1 Å². The molecule has 4 rings (SSSR count). The molecule has 0 bridgehead atoms. The van der Waals surface area contributed by atoms with Crippen LogP contribution in [0, 0.1) is 6.92 Å². The zero-order valence-electron chi connectivity index (χ0n) is 25.8. The van der Waals surface area contributed by atoms with Crippen molar-refractivity contribution in [2.24, 2.45) is 0 Å². The van der Waals surface area contributed by atoms with Crippen LogP contribution in [-0.4, -0.2) is 50.9 Å². The van der Waals surface area contributed by atoms with Crippen LogP contribution in [0.15, 0.2) is 112 Å². The summed E-state index contributed by atoms with van der Waals surface area (Å²) in [6.45, 7) is 5.15. The Hall–Kier alpha value is -4.15. The van der Waals surface area contributed by atoms with Crippen LogP contribution in [0.2, 0.25) is 0 Å². The van der Waals surface area contributed by atoms with Crippen molar-refractivity contribution in [2.45, 2.75) is 50.7 Å². The minimum Gasteiger partial charge on any atom is -0.497 e. The van der Waals surface area contributed by atoms with Gasteiger partial charge in [-0.05, 0) is 80.4 Å². The third kappa shape index (κ3) is 8.95. The number of benzene rings is 4. The number of aryl methyl sites for hydroxylation is 1. The van der Waals surface area contributed by atoms with Crippen LogP contribution in [0.1, 0.15) is 30.5 Å². The van der Waals surface area contributed by atoms with Gasteiger partial charge in [0.2, 0.25) is 11.8 Å². The summed E-state index contributed by atoms with van der Waals surface area (Å²) in [6, 6.07) is 28.8. The first-order valence-electron chi connectivity index (χ1n) is 14.6. The van der Waals surface area contributed by atoms with Crippen molar-refractivity contribution in [1.82, 2.24) is 10.2 Å². The molecule has 0 radical (unpaired) electrons. The van der Waals surface area contributed by atoms with E-state index in [4.69, 9.17) is 4.74 Å². The molecule has 0 unspecified atom stereocenters. The molecular weight excluding hydrogens is 654 g/mol. The Kier molecular flexibility index (Phi) is 11.4. The second-order valence-electron chi connectivity index (χ2n) is 11.0. The number of ether oxygens (including phenoxy) is 1. The number of carbonyl (C=O) groups is 2. The van der Waals surface area contributed by atoms with Gasteiger partial charge in [-0.15, -0.1) is 0 Å². The third-order valence-corrected chi connectivity index (χ3v) is 9.53. The molecule has 0 saturated carbocycles. The molecule has 4 aromatic carbocycles. The minimum absolute atomic E-state index is 0.0505. The molecule has 45 heavy (non-hydrogen) atoms. The van der Waals surface area contributed by atoms with Gasteiger partial charge in [0.15, 0.2) is 0 Å². The molecule has 0 aromatic heterocycles. The van der Waals surface area contributed by atoms with Gasteiger partial charge in [0.1, 0.15) is 18.3 Å². The van der Waals surface area contributed by atoms with E-state index in [0.717, 1.165) is 25.5 Å². The number of halogens is 1. The number of amides is 2. The maximum Gasteiger partial charge on any atom is 0.264 e. The lowest BCUT2D eigenvalue weighted by Crippen LogP contribution is -2.54. The standard InChI is InChI=1S/C35H38BrN3O5S/c1-25(2)37-35(41)33(22-27-8-6-5-7-9-27)38(23-28-12-14-29(36)15-13-28)34(40)24-39(30-16-18-31(44-4)19-17-30)45(42,43)32-20-10-26(3)11-21-32/h5-21,25,33H,22-24H2,1-4H3,(H,37,41)/t33-/m0/s1. The average Bonchev–Trinajstić information content (AvgIpc) is 3.02. The highest BCUT2D eigenvalue weighted by atomic mass is 79.9. The predicted octanol–water partition coefficient (Wildman–Crippen LogP) is 6.13. The lowest BCUT2D eigenvalue weighted by atomic mass is 10.0. The fourth-order valence-electron chi connectivity index (χ4n) is 4.84.